The second kappa shape index (κ2) is 8.71. The second-order valence-corrected chi connectivity index (χ2v) is 8.59. The van der Waals surface area contributed by atoms with E-state index < -0.39 is 0 Å². The number of nitrogens with zero attached hydrogens (tertiary/aromatic N) is 1. The van der Waals surface area contributed by atoms with Gasteiger partial charge in [0, 0.05) is 18.7 Å². The van der Waals surface area contributed by atoms with Crippen molar-refractivity contribution in [3.63, 3.8) is 0 Å². The van der Waals surface area contributed by atoms with Crippen LogP contribution in [0.3, 0.4) is 0 Å². The number of carbonyl (C=O) groups excluding carboxylic acids is 1. The third-order valence-corrected chi connectivity index (χ3v) is 5.27. The molecule has 1 unspecified atom stereocenters. The highest BCUT2D eigenvalue weighted by molar-refractivity contribution is 5.94. The zero-order valence-corrected chi connectivity index (χ0v) is 16.8. The predicted octanol–water partition coefficient (Wildman–Crippen LogP) is 5.05. The summed E-state index contributed by atoms with van der Waals surface area (Å²) in [5.41, 5.74) is 3.34. The van der Waals surface area contributed by atoms with Crippen molar-refractivity contribution in [3.8, 4) is 0 Å². The molecule has 3 heteroatoms. The van der Waals surface area contributed by atoms with Gasteiger partial charge in [-0.2, -0.15) is 0 Å². The van der Waals surface area contributed by atoms with Crippen LogP contribution in [0.25, 0.3) is 0 Å². The van der Waals surface area contributed by atoms with Crippen molar-refractivity contribution >= 4 is 5.91 Å². The minimum absolute atomic E-state index is 0.105. The van der Waals surface area contributed by atoms with Crippen molar-refractivity contribution < 1.29 is 9.53 Å². The van der Waals surface area contributed by atoms with Crippen molar-refractivity contribution in [2.75, 3.05) is 19.7 Å². The molecule has 1 fully saturated rings. The van der Waals surface area contributed by atoms with E-state index in [1.807, 2.05) is 35.2 Å². The summed E-state index contributed by atoms with van der Waals surface area (Å²) >= 11 is 0. The summed E-state index contributed by atoms with van der Waals surface area (Å²) in [7, 11) is 0. The number of hydrogen-bond acceptors (Lipinski definition) is 2. The lowest BCUT2D eigenvalue weighted by Gasteiger charge is -2.33. The summed E-state index contributed by atoms with van der Waals surface area (Å²) in [4.78, 5) is 14.9. The maximum atomic E-state index is 12.9. The fraction of sp³-hybridized carbons (Fsp3) is 0.458. The van der Waals surface area contributed by atoms with Crippen LogP contribution < -0.4 is 0 Å². The van der Waals surface area contributed by atoms with Crippen LogP contribution in [0.2, 0.25) is 0 Å². The first-order valence-corrected chi connectivity index (χ1v) is 9.95. The molecule has 0 N–H and O–H groups in total. The van der Waals surface area contributed by atoms with E-state index in [2.05, 4.69) is 45.0 Å². The Morgan fingerprint density at radius 2 is 1.78 bits per heavy atom. The van der Waals surface area contributed by atoms with Crippen LogP contribution in [0.5, 0.6) is 0 Å². The summed E-state index contributed by atoms with van der Waals surface area (Å²) in [5, 5.41) is 0. The minimum atomic E-state index is 0.105. The van der Waals surface area contributed by atoms with Gasteiger partial charge in [-0.1, -0.05) is 63.2 Å². The normalized spacial score (nSPS) is 17.7. The molecule has 2 aromatic carbocycles. The Balaban J connectivity index is 1.53. The lowest BCUT2D eigenvalue weighted by atomic mass is 9.86. The van der Waals surface area contributed by atoms with E-state index in [-0.39, 0.29) is 11.3 Å². The summed E-state index contributed by atoms with van der Waals surface area (Å²) in [6, 6.07) is 18.3. The lowest BCUT2D eigenvalue weighted by molar-refractivity contribution is 0.0425. The molecule has 3 nitrogen and oxygen atoms in total. The van der Waals surface area contributed by atoms with Gasteiger partial charge >= 0.3 is 0 Å². The van der Waals surface area contributed by atoms with Crippen molar-refractivity contribution in [1.82, 2.24) is 4.90 Å². The minimum Gasteiger partial charge on any atom is -0.376 e. The Morgan fingerprint density at radius 1 is 1.07 bits per heavy atom. The standard InChI is InChI=1S/C24H31NO2/c1-24(2,3)22-13-11-21(12-14-22)23(26)25-15-7-10-20(16-25)18-27-17-19-8-5-4-6-9-19/h4-6,8-9,11-14,20H,7,10,15-18H2,1-3H3. The molecule has 0 bridgehead atoms. The maximum Gasteiger partial charge on any atom is 0.253 e. The lowest BCUT2D eigenvalue weighted by Crippen LogP contribution is -2.41. The molecule has 0 aliphatic carbocycles. The number of likely N-dealkylation sites (tertiary alicyclic amines) is 1. The summed E-state index contributed by atoms with van der Waals surface area (Å²) < 4.78 is 5.91. The molecule has 1 aliphatic heterocycles. The highest BCUT2D eigenvalue weighted by atomic mass is 16.5. The molecule has 1 saturated heterocycles. The van der Waals surface area contributed by atoms with Gasteiger partial charge in [0.1, 0.15) is 0 Å². The number of rotatable bonds is 5. The fourth-order valence-electron chi connectivity index (χ4n) is 3.60. The molecule has 1 heterocycles. The van der Waals surface area contributed by atoms with Crippen molar-refractivity contribution in [3.05, 3.63) is 71.3 Å². The van der Waals surface area contributed by atoms with Gasteiger partial charge in [0.05, 0.1) is 13.2 Å². The first-order valence-electron chi connectivity index (χ1n) is 9.95. The van der Waals surface area contributed by atoms with Crippen LogP contribution >= 0.6 is 0 Å². The molecule has 144 valence electrons. The van der Waals surface area contributed by atoms with E-state index in [0.29, 0.717) is 19.1 Å². The van der Waals surface area contributed by atoms with E-state index in [1.165, 1.54) is 11.1 Å². The molecule has 1 amide bonds. The molecule has 0 aromatic heterocycles. The molecule has 27 heavy (non-hydrogen) atoms. The molecule has 2 aromatic rings. The predicted molar refractivity (Wildman–Crippen MR) is 110 cm³/mol. The van der Waals surface area contributed by atoms with Gasteiger partial charge in [0.2, 0.25) is 0 Å². The summed E-state index contributed by atoms with van der Waals surface area (Å²) in [5.74, 6) is 0.559. The monoisotopic (exact) mass is 365 g/mol. The molecule has 0 radical (unpaired) electrons. The van der Waals surface area contributed by atoms with E-state index in [9.17, 15) is 4.79 Å². The Morgan fingerprint density at radius 3 is 2.44 bits per heavy atom. The molecule has 3 rings (SSSR count). The SMILES string of the molecule is CC(C)(C)c1ccc(C(=O)N2CCCC(COCc3ccccc3)C2)cc1. The van der Waals surface area contributed by atoms with Crippen LogP contribution in [0.15, 0.2) is 54.6 Å². The summed E-state index contributed by atoms with van der Waals surface area (Å²) in [6.07, 6.45) is 2.17. The van der Waals surface area contributed by atoms with Crippen molar-refractivity contribution in [2.45, 2.75) is 45.6 Å². The van der Waals surface area contributed by atoms with Crippen LogP contribution in [-0.2, 0) is 16.8 Å². The van der Waals surface area contributed by atoms with Gasteiger partial charge in [-0.05, 0) is 47.4 Å². The molecule has 1 atom stereocenters. The van der Waals surface area contributed by atoms with E-state index in [4.69, 9.17) is 4.74 Å². The van der Waals surface area contributed by atoms with E-state index in [0.717, 1.165) is 31.5 Å². The van der Waals surface area contributed by atoms with Crippen LogP contribution in [0.4, 0.5) is 0 Å². The number of piperidine rings is 1. The van der Waals surface area contributed by atoms with Gasteiger partial charge in [-0.15, -0.1) is 0 Å². The third kappa shape index (κ3) is 5.43. The number of benzene rings is 2. The van der Waals surface area contributed by atoms with Crippen molar-refractivity contribution in [2.24, 2.45) is 5.92 Å². The molecular formula is C24H31NO2. The molecular weight excluding hydrogens is 334 g/mol. The zero-order valence-electron chi connectivity index (χ0n) is 16.8. The average Bonchev–Trinajstić information content (AvgIpc) is 2.68. The number of carbonyl (C=O) groups is 1. The fourth-order valence-corrected chi connectivity index (χ4v) is 3.60. The highest BCUT2D eigenvalue weighted by Gasteiger charge is 2.25. The van der Waals surface area contributed by atoms with E-state index >= 15 is 0 Å². The first-order chi connectivity index (χ1) is 12.9. The van der Waals surface area contributed by atoms with Crippen molar-refractivity contribution in [1.29, 1.82) is 0 Å². The maximum absolute atomic E-state index is 12.9. The molecule has 1 aliphatic rings. The van der Waals surface area contributed by atoms with Gasteiger partial charge in [-0.25, -0.2) is 0 Å². The van der Waals surface area contributed by atoms with Gasteiger partial charge < -0.3 is 9.64 Å². The summed E-state index contributed by atoms with van der Waals surface area (Å²) in [6.45, 7) is 9.54. The van der Waals surface area contributed by atoms with Gasteiger partial charge in [-0.3, -0.25) is 4.79 Å². The molecule has 0 spiro atoms. The van der Waals surface area contributed by atoms with E-state index in [1.54, 1.807) is 0 Å². The van der Waals surface area contributed by atoms with Crippen LogP contribution in [-0.4, -0.2) is 30.5 Å². The third-order valence-electron chi connectivity index (χ3n) is 5.27. The Bertz CT molecular complexity index is 731. The smallest absolute Gasteiger partial charge is 0.253 e. The topological polar surface area (TPSA) is 29.5 Å². The quantitative estimate of drug-likeness (QED) is 0.742. The number of amides is 1. The van der Waals surface area contributed by atoms with Gasteiger partial charge in [0.25, 0.3) is 5.91 Å². The number of hydrogen-bond donors (Lipinski definition) is 0. The second-order valence-electron chi connectivity index (χ2n) is 8.59. The largest absolute Gasteiger partial charge is 0.376 e. The Labute approximate surface area is 163 Å². The number of ether oxygens (including phenoxy) is 1. The first kappa shape index (κ1) is 19.6. The van der Waals surface area contributed by atoms with Gasteiger partial charge in [0.15, 0.2) is 0 Å². The van der Waals surface area contributed by atoms with Crippen LogP contribution in [0.1, 0.15) is 55.1 Å². The average molecular weight is 366 g/mol. The molecule has 0 saturated carbocycles. The van der Waals surface area contributed by atoms with Crippen LogP contribution in [0, 0.1) is 5.92 Å². The Kier molecular flexibility index (Phi) is 6.33. The zero-order chi connectivity index (χ0) is 19.3. The Hall–Kier alpha value is -2.13. The highest BCUT2D eigenvalue weighted by Crippen LogP contribution is 2.24.